The highest BCUT2D eigenvalue weighted by Gasteiger charge is 2.12. The molecule has 0 amide bonds. The molecule has 2 N–H and O–H groups in total. The van der Waals surface area contributed by atoms with Crippen molar-refractivity contribution in [3.8, 4) is 11.4 Å². The largest absolute Gasteiger partial charge is 0.368 e. The highest BCUT2D eigenvalue weighted by Crippen LogP contribution is 2.22. The number of rotatable bonds is 1. The molecule has 6 nitrogen and oxygen atoms in total. The smallest absolute Gasteiger partial charge is 0.223 e. The van der Waals surface area contributed by atoms with E-state index in [4.69, 9.17) is 5.73 Å². The van der Waals surface area contributed by atoms with E-state index in [1.54, 1.807) is 16.9 Å². The van der Waals surface area contributed by atoms with Crippen molar-refractivity contribution in [1.82, 2.24) is 24.6 Å². The van der Waals surface area contributed by atoms with Gasteiger partial charge in [0.1, 0.15) is 0 Å². The van der Waals surface area contributed by atoms with Crippen LogP contribution in [-0.4, -0.2) is 24.6 Å². The molecular formula is C14H10N6. The molecule has 0 aliphatic carbocycles. The molecule has 96 valence electrons. The maximum absolute atomic E-state index is 5.95. The van der Waals surface area contributed by atoms with Crippen molar-refractivity contribution in [2.75, 3.05) is 5.73 Å². The lowest BCUT2D eigenvalue weighted by molar-refractivity contribution is 0.954. The Labute approximate surface area is 113 Å². The van der Waals surface area contributed by atoms with Gasteiger partial charge < -0.3 is 5.73 Å². The van der Waals surface area contributed by atoms with Gasteiger partial charge in [0, 0.05) is 23.3 Å². The maximum atomic E-state index is 5.95. The quantitative estimate of drug-likeness (QED) is 0.566. The monoisotopic (exact) mass is 262 g/mol. The molecule has 0 spiro atoms. The predicted octanol–water partition coefficient (Wildman–Crippen LogP) is 1.92. The minimum Gasteiger partial charge on any atom is -0.368 e. The van der Waals surface area contributed by atoms with Crippen LogP contribution in [-0.2, 0) is 0 Å². The molecule has 0 fully saturated rings. The standard InChI is InChI=1S/C14H10N6/c15-14-17-11-6-2-1-5-10(11)13-18-12(19-20(13)14)9-4-3-7-16-8-9/h1-8H,(H2,15,17). The summed E-state index contributed by atoms with van der Waals surface area (Å²) in [5, 5.41) is 5.33. The fraction of sp³-hybridized carbons (Fsp3) is 0. The first-order valence-electron chi connectivity index (χ1n) is 6.14. The van der Waals surface area contributed by atoms with Gasteiger partial charge in [0.05, 0.1) is 5.52 Å². The van der Waals surface area contributed by atoms with E-state index in [-0.39, 0.29) is 0 Å². The van der Waals surface area contributed by atoms with Crippen molar-refractivity contribution in [3.05, 3.63) is 48.8 Å². The lowest BCUT2D eigenvalue weighted by Crippen LogP contribution is -2.02. The minimum absolute atomic E-state index is 0.321. The Morgan fingerprint density at radius 3 is 2.75 bits per heavy atom. The van der Waals surface area contributed by atoms with E-state index in [1.165, 1.54) is 0 Å². The van der Waals surface area contributed by atoms with Crippen molar-refractivity contribution < 1.29 is 0 Å². The second-order valence-electron chi connectivity index (χ2n) is 4.40. The van der Waals surface area contributed by atoms with Gasteiger partial charge in [0.2, 0.25) is 5.95 Å². The SMILES string of the molecule is Nc1nc2ccccc2c2nc(-c3cccnc3)nn12. The van der Waals surface area contributed by atoms with Gasteiger partial charge in [-0.05, 0) is 24.3 Å². The maximum Gasteiger partial charge on any atom is 0.223 e. The van der Waals surface area contributed by atoms with Crippen molar-refractivity contribution in [2.45, 2.75) is 0 Å². The summed E-state index contributed by atoms with van der Waals surface area (Å²) >= 11 is 0. The normalized spacial score (nSPS) is 11.2. The van der Waals surface area contributed by atoms with E-state index < -0.39 is 0 Å². The van der Waals surface area contributed by atoms with Gasteiger partial charge in [-0.2, -0.15) is 4.52 Å². The Balaban J connectivity index is 2.08. The average molecular weight is 262 g/mol. The molecule has 3 heterocycles. The van der Waals surface area contributed by atoms with Crippen LogP contribution in [0.25, 0.3) is 27.9 Å². The number of para-hydroxylation sites is 1. The van der Waals surface area contributed by atoms with Crippen LogP contribution in [0.4, 0.5) is 5.95 Å². The number of anilines is 1. The van der Waals surface area contributed by atoms with Crippen LogP contribution < -0.4 is 5.73 Å². The third kappa shape index (κ3) is 1.51. The zero-order chi connectivity index (χ0) is 13.5. The number of hydrogen-bond acceptors (Lipinski definition) is 5. The number of aromatic nitrogens is 5. The average Bonchev–Trinajstić information content (AvgIpc) is 2.94. The van der Waals surface area contributed by atoms with Crippen molar-refractivity contribution in [1.29, 1.82) is 0 Å². The number of benzene rings is 1. The Hall–Kier alpha value is -3.02. The molecule has 20 heavy (non-hydrogen) atoms. The molecule has 4 rings (SSSR count). The first-order valence-corrected chi connectivity index (χ1v) is 6.14. The van der Waals surface area contributed by atoms with Crippen LogP contribution in [0.3, 0.4) is 0 Å². The summed E-state index contributed by atoms with van der Waals surface area (Å²) in [7, 11) is 0. The second-order valence-corrected chi connectivity index (χ2v) is 4.40. The van der Waals surface area contributed by atoms with Crippen LogP contribution in [0.2, 0.25) is 0 Å². The minimum atomic E-state index is 0.321. The lowest BCUT2D eigenvalue weighted by Gasteiger charge is -2.00. The van der Waals surface area contributed by atoms with E-state index in [9.17, 15) is 0 Å². The summed E-state index contributed by atoms with van der Waals surface area (Å²) < 4.78 is 1.56. The Bertz CT molecular complexity index is 913. The first kappa shape index (κ1) is 10.9. The fourth-order valence-corrected chi connectivity index (χ4v) is 2.19. The molecule has 0 aliphatic heterocycles. The molecule has 1 aromatic carbocycles. The number of nitrogens with zero attached hydrogens (tertiary/aromatic N) is 5. The van der Waals surface area contributed by atoms with E-state index >= 15 is 0 Å². The molecule has 6 heteroatoms. The number of fused-ring (bicyclic) bond motifs is 3. The van der Waals surface area contributed by atoms with Crippen LogP contribution in [0.1, 0.15) is 0 Å². The van der Waals surface area contributed by atoms with Gasteiger partial charge in [-0.15, -0.1) is 5.10 Å². The first-order chi connectivity index (χ1) is 9.83. The van der Waals surface area contributed by atoms with Crippen molar-refractivity contribution in [2.24, 2.45) is 0 Å². The van der Waals surface area contributed by atoms with Crippen LogP contribution in [0, 0.1) is 0 Å². The van der Waals surface area contributed by atoms with E-state index in [0.717, 1.165) is 16.5 Å². The lowest BCUT2D eigenvalue weighted by atomic mass is 10.2. The summed E-state index contributed by atoms with van der Waals surface area (Å²) in [5.41, 5.74) is 8.30. The Morgan fingerprint density at radius 1 is 1.00 bits per heavy atom. The van der Waals surface area contributed by atoms with Crippen LogP contribution in [0.5, 0.6) is 0 Å². The molecule has 0 radical (unpaired) electrons. The molecule has 3 aromatic heterocycles. The summed E-state index contributed by atoms with van der Waals surface area (Å²) in [5.74, 6) is 0.907. The summed E-state index contributed by atoms with van der Waals surface area (Å²) in [6, 6.07) is 11.5. The van der Waals surface area contributed by atoms with Gasteiger partial charge in [-0.3, -0.25) is 4.98 Å². The summed E-state index contributed by atoms with van der Waals surface area (Å²) in [6.45, 7) is 0. The number of nitrogens with two attached hydrogens (primary N) is 1. The van der Waals surface area contributed by atoms with E-state index in [2.05, 4.69) is 20.1 Å². The molecule has 0 unspecified atom stereocenters. The van der Waals surface area contributed by atoms with Gasteiger partial charge in [0.15, 0.2) is 11.5 Å². The Morgan fingerprint density at radius 2 is 1.90 bits per heavy atom. The van der Waals surface area contributed by atoms with E-state index in [0.29, 0.717) is 17.4 Å². The molecule has 0 aliphatic rings. The highest BCUT2D eigenvalue weighted by atomic mass is 15.3. The number of nitrogen functional groups attached to an aromatic ring is 1. The summed E-state index contributed by atoms with van der Waals surface area (Å²) in [6.07, 6.45) is 3.44. The number of hydrogen-bond donors (Lipinski definition) is 1. The van der Waals surface area contributed by atoms with Gasteiger partial charge in [-0.25, -0.2) is 9.97 Å². The predicted molar refractivity (Wildman–Crippen MR) is 75.9 cm³/mol. The summed E-state index contributed by atoms with van der Waals surface area (Å²) in [4.78, 5) is 13.0. The van der Waals surface area contributed by atoms with Crippen LogP contribution in [0.15, 0.2) is 48.8 Å². The topological polar surface area (TPSA) is 82.0 Å². The molecule has 0 bridgehead atoms. The van der Waals surface area contributed by atoms with E-state index in [1.807, 2.05) is 36.4 Å². The zero-order valence-corrected chi connectivity index (χ0v) is 10.4. The molecule has 0 atom stereocenters. The zero-order valence-electron chi connectivity index (χ0n) is 10.4. The van der Waals surface area contributed by atoms with Gasteiger partial charge in [0.25, 0.3) is 0 Å². The molecule has 4 aromatic rings. The van der Waals surface area contributed by atoms with Gasteiger partial charge >= 0.3 is 0 Å². The second kappa shape index (κ2) is 3.99. The number of pyridine rings is 1. The molecule has 0 saturated carbocycles. The molecule has 0 saturated heterocycles. The van der Waals surface area contributed by atoms with Crippen LogP contribution >= 0.6 is 0 Å². The third-order valence-electron chi connectivity index (χ3n) is 3.12. The van der Waals surface area contributed by atoms with Crippen molar-refractivity contribution in [3.63, 3.8) is 0 Å². The highest BCUT2D eigenvalue weighted by molar-refractivity contribution is 5.92. The Kier molecular flexibility index (Phi) is 2.17. The van der Waals surface area contributed by atoms with Crippen molar-refractivity contribution >= 4 is 22.5 Å². The molecular weight excluding hydrogens is 252 g/mol. The third-order valence-corrected chi connectivity index (χ3v) is 3.12. The van der Waals surface area contributed by atoms with Gasteiger partial charge in [-0.1, -0.05) is 12.1 Å². The fourth-order valence-electron chi connectivity index (χ4n) is 2.19.